The van der Waals surface area contributed by atoms with Gasteiger partial charge in [-0.05, 0) is 19.3 Å². The molecule has 90 valence electrons. The van der Waals surface area contributed by atoms with Crippen LogP contribution in [0.4, 0.5) is 0 Å². The molecule has 3 heteroatoms. The van der Waals surface area contributed by atoms with Gasteiger partial charge in [0.05, 0.1) is 5.92 Å². The van der Waals surface area contributed by atoms with Crippen LogP contribution in [0.15, 0.2) is 0 Å². The third-order valence-corrected chi connectivity index (χ3v) is 2.72. The van der Waals surface area contributed by atoms with Crippen LogP contribution in [0.5, 0.6) is 0 Å². The van der Waals surface area contributed by atoms with Crippen LogP contribution in [0.25, 0.3) is 0 Å². The van der Waals surface area contributed by atoms with E-state index in [1.165, 1.54) is 0 Å². The van der Waals surface area contributed by atoms with Crippen LogP contribution in [0.2, 0.25) is 0 Å². The maximum absolute atomic E-state index is 10.9. The van der Waals surface area contributed by atoms with Crippen LogP contribution < -0.4 is 0 Å². The van der Waals surface area contributed by atoms with E-state index in [9.17, 15) is 4.79 Å². The lowest BCUT2D eigenvalue weighted by atomic mass is 9.95. The van der Waals surface area contributed by atoms with Gasteiger partial charge in [-0.2, -0.15) is 0 Å². The number of carbonyl (C=O) groups is 1. The number of carboxylic acid groups (broad SMARTS) is 1. The normalized spacial score (nSPS) is 12.7. The van der Waals surface area contributed by atoms with E-state index in [1.807, 2.05) is 0 Å². The molecule has 1 unspecified atom stereocenters. The Hall–Kier alpha value is -0.570. The van der Waals surface area contributed by atoms with Crippen LogP contribution in [0.3, 0.4) is 0 Å². The van der Waals surface area contributed by atoms with Crippen LogP contribution >= 0.6 is 0 Å². The molecule has 0 aliphatic carbocycles. The summed E-state index contributed by atoms with van der Waals surface area (Å²) >= 11 is 0. The average Bonchev–Trinajstić information content (AvgIpc) is 2.21. The highest BCUT2D eigenvalue weighted by Crippen LogP contribution is 2.17. The Morgan fingerprint density at radius 3 is 2.20 bits per heavy atom. The predicted molar refractivity (Wildman–Crippen MR) is 60.8 cm³/mol. The Bertz CT molecular complexity index is 157. The molecule has 0 amide bonds. The van der Waals surface area contributed by atoms with E-state index in [-0.39, 0.29) is 12.5 Å². The van der Waals surface area contributed by atoms with Gasteiger partial charge in [-0.1, -0.05) is 39.0 Å². The first kappa shape index (κ1) is 14.4. The highest BCUT2D eigenvalue weighted by Gasteiger charge is 2.15. The minimum absolute atomic E-state index is 0.154. The Balaban J connectivity index is 3.53. The number of hydrogen-bond acceptors (Lipinski definition) is 2. The fourth-order valence-corrected chi connectivity index (χ4v) is 1.70. The number of hydrogen-bond donors (Lipinski definition) is 2. The van der Waals surface area contributed by atoms with Crippen LogP contribution in [0.1, 0.15) is 58.3 Å². The minimum atomic E-state index is -0.648. The van der Waals surface area contributed by atoms with Crippen LogP contribution in [0, 0.1) is 5.92 Å². The van der Waals surface area contributed by atoms with E-state index in [1.54, 1.807) is 0 Å². The lowest BCUT2D eigenvalue weighted by Gasteiger charge is -2.11. The van der Waals surface area contributed by atoms with Gasteiger partial charge in [0.2, 0.25) is 0 Å². The number of rotatable bonds is 10. The minimum Gasteiger partial charge on any atom is -0.481 e. The first-order valence-corrected chi connectivity index (χ1v) is 6.06. The van der Waals surface area contributed by atoms with Crippen molar-refractivity contribution in [3.8, 4) is 0 Å². The standard InChI is InChI=1S/C12H24O3/c1-2-3-8-11(12(14)15)9-6-4-5-7-10-13/h11,13H,2-10H2,1H3,(H,14,15). The second-order valence-electron chi connectivity index (χ2n) is 4.10. The molecule has 15 heavy (non-hydrogen) atoms. The number of aliphatic carboxylic acids is 1. The average molecular weight is 216 g/mol. The first-order chi connectivity index (χ1) is 7.22. The highest BCUT2D eigenvalue weighted by atomic mass is 16.4. The molecule has 0 aromatic heterocycles. The predicted octanol–water partition coefficient (Wildman–Crippen LogP) is 2.82. The number of unbranched alkanes of at least 4 members (excludes halogenated alkanes) is 4. The SMILES string of the molecule is CCCCC(CCCCCCO)C(=O)O. The summed E-state index contributed by atoms with van der Waals surface area (Å²) in [5.74, 6) is -0.801. The lowest BCUT2D eigenvalue weighted by molar-refractivity contribution is -0.142. The molecule has 0 spiro atoms. The third-order valence-electron chi connectivity index (χ3n) is 2.72. The Kier molecular flexibility index (Phi) is 9.59. The molecule has 1 atom stereocenters. The third kappa shape index (κ3) is 8.43. The summed E-state index contributed by atoms with van der Waals surface area (Å²) in [7, 11) is 0. The molecule has 3 nitrogen and oxygen atoms in total. The Morgan fingerprint density at radius 1 is 1.07 bits per heavy atom. The molecular formula is C12H24O3. The molecule has 0 saturated heterocycles. The monoisotopic (exact) mass is 216 g/mol. The number of aliphatic hydroxyl groups excluding tert-OH is 1. The summed E-state index contributed by atoms with van der Waals surface area (Å²) in [4.78, 5) is 10.9. The van der Waals surface area contributed by atoms with Crippen molar-refractivity contribution < 1.29 is 15.0 Å². The maximum atomic E-state index is 10.9. The largest absolute Gasteiger partial charge is 0.481 e. The summed E-state index contributed by atoms with van der Waals surface area (Å²) in [5, 5.41) is 17.5. The number of carboxylic acids is 1. The van der Waals surface area contributed by atoms with E-state index in [0.717, 1.165) is 51.4 Å². The van der Waals surface area contributed by atoms with Crippen molar-refractivity contribution in [2.45, 2.75) is 58.3 Å². The molecule has 0 fully saturated rings. The van der Waals surface area contributed by atoms with Gasteiger partial charge in [-0.25, -0.2) is 0 Å². The zero-order valence-corrected chi connectivity index (χ0v) is 9.74. The summed E-state index contributed by atoms with van der Waals surface area (Å²) in [6, 6.07) is 0. The van der Waals surface area contributed by atoms with Crippen molar-refractivity contribution in [3.63, 3.8) is 0 Å². The van der Waals surface area contributed by atoms with Gasteiger partial charge in [0.25, 0.3) is 0 Å². The van der Waals surface area contributed by atoms with Crippen molar-refractivity contribution in [1.82, 2.24) is 0 Å². The van der Waals surface area contributed by atoms with E-state index in [0.29, 0.717) is 0 Å². The van der Waals surface area contributed by atoms with Crippen molar-refractivity contribution in [3.05, 3.63) is 0 Å². The van der Waals surface area contributed by atoms with Gasteiger partial charge in [-0.15, -0.1) is 0 Å². The second kappa shape index (κ2) is 9.97. The van der Waals surface area contributed by atoms with Crippen molar-refractivity contribution in [2.24, 2.45) is 5.92 Å². The van der Waals surface area contributed by atoms with Crippen molar-refractivity contribution >= 4 is 5.97 Å². The van der Waals surface area contributed by atoms with Gasteiger partial charge >= 0.3 is 5.97 Å². The Morgan fingerprint density at radius 2 is 1.67 bits per heavy atom. The fourth-order valence-electron chi connectivity index (χ4n) is 1.70. The molecule has 0 aromatic carbocycles. The van der Waals surface area contributed by atoms with E-state index < -0.39 is 5.97 Å². The molecule has 0 saturated carbocycles. The fraction of sp³-hybridized carbons (Fsp3) is 0.917. The second-order valence-corrected chi connectivity index (χ2v) is 4.10. The van der Waals surface area contributed by atoms with Crippen LogP contribution in [-0.2, 0) is 4.79 Å². The van der Waals surface area contributed by atoms with Crippen molar-refractivity contribution in [2.75, 3.05) is 6.61 Å². The highest BCUT2D eigenvalue weighted by molar-refractivity contribution is 5.69. The molecule has 0 heterocycles. The number of aliphatic hydroxyl groups is 1. The quantitative estimate of drug-likeness (QED) is 0.552. The van der Waals surface area contributed by atoms with Gasteiger partial charge in [-0.3, -0.25) is 4.79 Å². The zero-order chi connectivity index (χ0) is 11.5. The molecule has 0 bridgehead atoms. The van der Waals surface area contributed by atoms with Gasteiger partial charge in [0, 0.05) is 6.61 Å². The molecule has 0 aromatic rings. The molecule has 0 aliphatic rings. The lowest BCUT2D eigenvalue weighted by Crippen LogP contribution is -2.13. The van der Waals surface area contributed by atoms with Gasteiger partial charge in [0.1, 0.15) is 0 Å². The van der Waals surface area contributed by atoms with E-state index >= 15 is 0 Å². The van der Waals surface area contributed by atoms with E-state index in [2.05, 4.69) is 6.92 Å². The van der Waals surface area contributed by atoms with Crippen molar-refractivity contribution in [1.29, 1.82) is 0 Å². The summed E-state index contributed by atoms with van der Waals surface area (Å²) in [5.41, 5.74) is 0. The molecule has 2 N–H and O–H groups in total. The molecule has 0 aliphatic heterocycles. The summed E-state index contributed by atoms with van der Waals surface area (Å²) in [6.45, 7) is 2.33. The smallest absolute Gasteiger partial charge is 0.306 e. The summed E-state index contributed by atoms with van der Waals surface area (Å²) < 4.78 is 0. The Labute approximate surface area is 92.5 Å². The zero-order valence-electron chi connectivity index (χ0n) is 9.74. The maximum Gasteiger partial charge on any atom is 0.306 e. The molecule has 0 radical (unpaired) electrons. The van der Waals surface area contributed by atoms with Crippen LogP contribution in [-0.4, -0.2) is 22.8 Å². The van der Waals surface area contributed by atoms with Gasteiger partial charge < -0.3 is 10.2 Å². The molecule has 0 rings (SSSR count). The topological polar surface area (TPSA) is 57.5 Å². The summed E-state index contributed by atoms with van der Waals surface area (Å²) in [6.07, 6.45) is 7.54. The first-order valence-electron chi connectivity index (χ1n) is 6.06. The van der Waals surface area contributed by atoms with E-state index in [4.69, 9.17) is 10.2 Å². The van der Waals surface area contributed by atoms with Gasteiger partial charge in [0.15, 0.2) is 0 Å². The molecular weight excluding hydrogens is 192 g/mol.